The summed E-state index contributed by atoms with van der Waals surface area (Å²) in [6.45, 7) is 4.04. The molecule has 4 aromatic rings. The Bertz CT molecular complexity index is 1520. The third-order valence-electron chi connectivity index (χ3n) is 6.66. The van der Waals surface area contributed by atoms with E-state index in [1.54, 1.807) is 22.8 Å². The zero-order chi connectivity index (χ0) is 27.0. The number of para-hydroxylation sites is 1. The number of aliphatic hydroxyl groups excluding tert-OH is 1. The molecule has 38 heavy (non-hydrogen) atoms. The van der Waals surface area contributed by atoms with E-state index in [0.717, 1.165) is 30.6 Å². The van der Waals surface area contributed by atoms with Crippen molar-refractivity contribution in [3.8, 4) is 28.7 Å². The molecule has 0 radical (unpaired) electrons. The number of benzene rings is 1. The number of hydrogen-bond donors (Lipinski definition) is 1. The normalized spacial score (nSPS) is 14.8. The largest absolute Gasteiger partial charge is 0.494 e. The van der Waals surface area contributed by atoms with E-state index in [-0.39, 0.29) is 11.6 Å². The number of sulfone groups is 1. The summed E-state index contributed by atoms with van der Waals surface area (Å²) in [5.74, 6) is 0.884. The molecule has 1 aliphatic heterocycles. The number of hydrogen-bond acceptors (Lipinski definition) is 10. The fourth-order valence-electron chi connectivity index (χ4n) is 4.51. The summed E-state index contributed by atoms with van der Waals surface area (Å²) in [4.78, 5) is 8.19. The van der Waals surface area contributed by atoms with E-state index in [2.05, 4.69) is 25.3 Å². The Morgan fingerprint density at radius 2 is 1.79 bits per heavy atom. The average Bonchev–Trinajstić information content (AvgIpc) is 3.62. The molecule has 4 heterocycles. The minimum Gasteiger partial charge on any atom is -0.494 e. The lowest BCUT2D eigenvalue weighted by Gasteiger charge is -2.20. The van der Waals surface area contributed by atoms with Crippen LogP contribution in [0.25, 0.3) is 17.2 Å². The molecular weight excluding hydrogens is 510 g/mol. The maximum absolute atomic E-state index is 13.6. The molecule has 0 saturated carbocycles. The Balaban J connectivity index is 1.60. The summed E-state index contributed by atoms with van der Waals surface area (Å²) in [5, 5.41) is 22.9. The molecule has 0 amide bonds. The van der Waals surface area contributed by atoms with E-state index >= 15 is 0 Å². The average molecular weight is 540 g/mol. The molecule has 5 rings (SSSR count). The first-order valence-electron chi connectivity index (χ1n) is 12.1. The van der Waals surface area contributed by atoms with Gasteiger partial charge in [0.25, 0.3) is 0 Å². The number of nitrogens with zero attached hydrogens (tertiary/aromatic N) is 7. The van der Waals surface area contributed by atoms with Crippen LogP contribution < -0.4 is 9.47 Å². The maximum Gasteiger partial charge on any atom is 0.189 e. The minimum absolute atomic E-state index is 0.0350. The third kappa shape index (κ3) is 4.63. The lowest BCUT2D eigenvalue weighted by molar-refractivity contribution is 0.166. The van der Waals surface area contributed by atoms with Crippen LogP contribution in [0.5, 0.6) is 11.5 Å². The number of aryl methyl sites for hydroxylation is 3. The highest BCUT2D eigenvalue weighted by Crippen LogP contribution is 2.37. The van der Waals surface area contributed by atoms with Gasteiger partial charge in [0, 0.05) is 24.6 Å². The molecule has 0 fully saturated rings. The molecular formula is C25H29N7O5S. The van der Waals surface area contributed by atoms with Crippen LogP contribution in [0, 0.1) is 6.92 Å². The van der Waals surface area contributed by atoms with Crippen molar-refractivity contribution >= 4 is 9.84 Å². The van der Waals surface area contributed by atoms with Gasteiger partial charge in [-0.15, -0.1) is 10.2 Å². The van der Waals surface area contributed by atoms with Crippen LogP contribution in [0.1, 0.15) is 42.4 Å². The van der Waals surface area contributed by atoms with Crippen molar-refractivity contribution < 1.29 is 23.0 Å². The van der Waals surface area contributed by atoms with Crippen molar-refractivity contribution in [2.75, 3.05) is 14.2 Å². The first-order chi connectivity index (χ1) is 18.2. The minimum atomic E-state index is -3.97. The molecule has 1 aliphatic rings. The van der Waals surface area contributed by atoms with Crippen molar-refractivity contribution in [2.24, 2.45) is 0 Å². The van der Waals surface area contributed by atoms with Gasteiger partial charge >= 0.3 is 0 Å². The van der Waals surface area contributed by atoms with Gasteiger partial charge in [0.1, 0.15) is 34.7 Å². The van der Waals surface area contributed by atoms with Crippen LogP contribution in [-0.4, -0.2) is 67.5 Å². The maximum atomic E-state index is 13.6. The lowest BCUT2D eigenvalue weighted by atomic mass is 10.2. The number of rotatable bonds is 9. The van der Waals surface area contributed by atoms with Gasteiger partial charge in [0.05, 0.1) is 19.5 Å². The Hall–Kier alpha value is -3.84. The predicted octanol–water partition coefficient (Wildman–Crippen LogP) is 2.23. The summed E-state index contributed by atoms with van der Waals surface area (Å²) in [6.07, 6.45) is 3.56. The molecule has 13 heteroatoms. The van der Waals surface area contributed by atoms with Gasteiger partial charge in [-0.2, -0.15) is 5.10 Å². The Kier molecular flexibility index (Phi) is 6.88. The van der Waals surface area contributed by atoms with Crippen LogP contribution in [0.3, 0.4) is 0 Å². The SMILES string of the molecule is COc1cccc(OC)c1-n1c(CS(=O)(=O)[C@@H](C)[C@H](O)c2ncc(C)cn2)nnc1-c1cc2n(n1)CCC2. The van der Waals surface area contributed by atoms with E-state index < -0.39 is 26.9 Å². The van der Waals surface area contributed by atoms with E-state index in [1.807, 2.05) is 17.7 Å². The molecule has 2 atom stereocenters. The van der Waals surface area contributed by atoms with Gasteiger partial charge in [-0.05, 0) is 50.5 Å². The molecule has 12 nitrogen and oxygen atoms in total. The molecule has 1 N–H and O–H groups in total. The van der Waals surface area contributed by atoms with E-state index in [4.69, 9.17) is 9.47 Å². The molecule has 200 valence electrons. The number of methoxy groups -OCH3 is 2. The zero-order valence-corrected chi connectivity index (χ0v) is 22.4. The second-order valence-corrected chi connectivity index (χ2v) is 11.6. The monoisotopic (exact) mass is 539 g/mol. The van der Waals surface area contributed by atoms with Crippen molar-refractivity contribution in [3.63, 3.8) is 0 Å². The van der Waals surface area contributed by atoms with Gasteiger partial charge in [0.15, 0.2) is 27.3 Å². The molecule has 0 bridgehead atoms. The molecule has 0 saturated heterocycles. The molecule has 3 aromatic heterocycles. The standard InChI is InChI=1S/C25H29N7O5S/c1-15-12-26-24(27-13-15)23(33)16(2)38(34,35)14-21-28-29-25(18-11-17-7-6-10-31(17)30-18)32(21)22-19(36-3)8-5-9-20(22)37-4/h5,8-9,11-13,16,23,33H,6-7,10,14H2,1-4H3/t16-,23-/m0/s1. The number of aromatic nitrogens is 7. The van der Waals surface area contributed by atoms with E-state index in [1.165, 1.54) is 33.5 Å². The van der Waals surface area contributed by atoms with Crippen LogP contribution in [0.15, 0.2) is 36.7 Å². The third-order valence-corrected chi connectivity index (χ3v) is 8.71. The Labute approximate surface area is 220 Å². The van der Waals surface area contributed by atoms with E-state index in [9.17, 15) is 13.5 Å². The molecule has 0 spiro atoms. The number of aliphatic hydroxyl groups is 1. The summed E-state index contributed by atoms with van der Waals surface area (Å²) in [7, 11) is -0.931. The lowest BCUT2D eigenvalue weighted by Crippen LogP contribution is -2.29. The van der Waals surface area contributed by atoms with Crippen molar-refractivity contribution in [2.45, 2.75) is 50.3 Å². The van der Waals surface area contributed by atoms with Gasteiger partial charge in [0.2, 0.25) is 0 Å². The number of fused-ring (bicyclic) bond motifs is 1. The van der Waals surface area contributed by atoms with Gasteiger partial charge in [-0.1, -0.05) is 6.07 Å². The first-order valence-corrected chi connectivity index (χ1v) is 13.9. The van der Waals surface area contributed by atoms with Crippen molar-refractivity contribution in [1.82, 2.24) is 34.5 Å². The highest BCUT2D eigenvalue weighted by Gasteiger charge is 2.34. The summed E-state index contributed by atoms with van der Waals surface area (Å²) in [5.41, 5.74) is 2.88. The van der Waals surface area contributed by atoms with Gasteiger partial charge in [-0.25, -0.2) is 18.4 Å². The first kappa shape index (κ1) is 25.8. The fourth-order valence-corrected chi connectivity index (χ4v) is 5.83. The van der Waals surface area contributed by atoms with Crippen molar-refractivity contribution in [3.05, 3.63) is 59.6 Å². The summed E-state index contributed by atoms with van der Waals surface area (Å²) >= 11 is 0. The van der Waals surface area contributed by atoms with E-state index in [0.29, 0.717) is 28.7 Å². The molecule has 0 aliphatic carbocycles. The highest BCUT2D eigenvalue weighted by atomic mass is 32.2. The highest BCUT2D eigenvalue weighted by molar-refractivity contribution is 7.91. The van der Waals surface area contributed by atoms with Gasteiger partial charge < -0.3 is 14.6 Å². The quantitative estimate of drug-likeness (QED) is 0.336. The predicted molar refractivity (Wildman–Crippen MR) is 138 cm³/mol. The van der Waals surface area contributed by atoms with Crippen LogP contribution in [0.2, 0.25) is 0 Å². The van der Waals surface area contributed by atoms with Crippen LogP contribution >= 0.6 is 0 Å². The Morgan fingerprint density at radius 1 is 1.11 bits per heavy atom. The second kappa shape index (κ2) is 10.1. The molecule has 1 aromatic carbocycles. The van der Waals surface area contributed by atoms with Crippen LogP contribution in [0.4, 0.5) is 0 Å². The second-order valence-electron chi connectivity index (χ2n) is 9.21. The van der Waals surface area contributed by atoms with Crippen molar-refractivity contribution in [1.29, 1.82) is 0 Å². The number of ether oxygens (including phenoxy) is 2. The summed E-state index contributed by atoms with van der Waals surface area (Å²) in [6, 6.07) is 7.20. The zero-order valence-electron chi connectivity index (χ0n) is 21.6. The fraction of sp³-hybridized carbons (Fsp3) is 0.400. The smallest absolute Gasteiger partial charge is 0.189 e. The van der Waals surface area contributed by atoms with Gasteiger partial charge in [-0.3, -0.25) is 9.25 Å². The molecule has 0 unspecified atom stereocenters. The summed E-state index contributed by atoms with van der Waals surface area (Å²) < 4.78 is 41.9. The topological polar surface area (TPSA) is 147 Å². The van der Waals surface area contributed by atoms with Crippen LogP contribution in [-0.2, 0) is 28.6 Å². The Morgan fingerprint density at radius 3 is 2.42 bits per heavy atom.